The van der Waals surface area contributed by atoms with Gasteiger partial charge in [-0.1, -0.05) is 74.0 Å². The average Bonchev–Trinajstić information content (AvgIpc) is 2.72. The summed E-state index contributed by atoms with van der Waals surface area (Å²) in [7, 11) is 0. The molecule has 0 radical (unpaired) electrons. The Morgan fingerprint density at radius 1 is 1.00 bits per heavy atom. The second kappa shape index (κ2) is 9.19. The lowest BCUT2D eigenvalue weighted by Crippen LogP contribution is -2.20. The fourth-order valence-corrected chi connectivity index (χ4v) is 3.48. The van der Waals surface area contributed by atoms with E-state index in [2.05, 4.69) is 55.5 Å². The van der Waals surface area contributed by atoms with Gasteiger partial charge in [0, 0.05) is 0 Å². The Morgan fingerprint density at radius 2 is 1.62 bits per heavy atom. The van der Waals surface area contributed by atoms with Crippen molar-refractivity contribution in [2.45, 2.75) is 39.0 Å². The third-order valence-electron chi connectivity index (χ3n) is 4.87. The zero-order valence-electron chi connectivity index (χ0n) is 15.4. The van der Waals surface area contributed by atoms with Gasteiger partial charge in [0.1, 0.15) is 0 Å². The van der Waals surface area contributed by atoms with Crippen molar-refractivity contribution in [3.63, 3.8) is 0 Å². The summed E-state index contributed by atoms with van der Waals surface area (Å²) in [5, 5.41) is 0. The summed E-state index contributed by atoms with van der Waals surface area (Å²) in [4.78, 5) is 12.5. The van der Waals surface area contributed by atoms with Crippen LogP contribution in [0.2, 0.25) is 0 Å². The van der Waals surface area contributed by atoms with E-state index in [1.807, 2.05) is 18.2 Å². The molecule has 0 N–H and O–H groups in total. The van der Waals surface area contributed by atoms with Gasteiger partial charge in [-0.25, -0.2) is 0 Å². The first kappa shape index (κ1) is 18.2. The molecule has 2 heteroatoms. The van der Waals surface area contributed by atoms with Crippen molar-refractivity contribution in [2.75, 3.05) is 0 Å². The van der Waals surface area contributed by atoms with Crippen molar-refractivity contribution < 1.29 is 9.53 Å². The summed E-state index contributed by atoms with van der Waals surface area (Å²) < 4.78 is 5.37. The second-order valence-electron chi connectivity index (χ2n) is 6.73. The summed E-state index contributed by atoms with van der Waals surface area (Å²) in [6, 6.07) is 20.9. The molecule has 2 aromatic rings. The molecule has 1 aliphatic rings. The van der Waals surface area contributed by atoms with Crippen molar-refractivity contribution in [1.82, 2.24) is 0 Å². The van der Waals surface area contributed by atoms with Gasteiger partial charge in [0.25, 0.3) is 0 Å². The third-order valence-corrected chi connectivity index (χ3v) is 4.87. The van der Waals surface area contributed by atoms with Gasteiger partial charge in [-0.05, 0) is 54.0 Å². The smallest absolute Gasteiger partial charge is 0.314 e. The van der Waals surface area contributed by atoms with Crippen molar-refractivity contribution >= 4 is 17.1 Å². The van der Waals surface area contributed by atoms with Gasteiger partial charge in [-0.2, -0.15) is 0 Å². The normalized spacial score (nSPS) is 17.5. The Balaban J connectivity index is 1.85. The van der Waals surface area contributed by atoms with Crippen LogP contribution in [0.25, 0.3) is 11.1 Å². The van der Waals surface area contributed by atoms with Crippen molar-refractivity contribution in [3.8, 4) is 0 Å². The molecule has 0 aliphatic heterocycles. The number of unbranched alkanes of at least 4 members (excludes halogenated alkanes) is 1. The standard InChI is InChI=1S/C24H26O2/c1-2-3-10-17-26-24(25)21-15-16-22(19-11-6-4-7-12-19)23(18-21)20-13-8-5-9-14-20/h4-14,17,21H,2-3,15-16,18H2,1H3. The maximum Gasteiger partial charge on any atom is 0.314 e. The number of esters is 1. The molecular weight excluding hydrogens is 320 g/mol. The fraction of sp³-hybridized carbons (Fsp3) is 0.292. The molecule has 0 aromatic heterocycles. The molecule has 2 aromatic carbocycles. The number of ether oxygens (including phenoxy) is 1. The largest absolute Gasteiger partial charge is 0.435 e. The molecule has 26 heavy (non-hydrogen) atoms. The van der Waals surface area contributed by atoms with Crippen LogP contribution < -0.4 is 0 Å². The zero-order valence-corrected chi connectivity index (χ0v) is 15.4. The summed E-state index contributed by atoms with van der Waals surface area (Å²) in [6.07, 6.45) is 7.93. The number of carbonyl (C=O) groups excluding carboxylic acids is 1. The van der Waals surface area contributed by atoms with Crippen LogP contribution in [0, 0.1) is 5.92 Å². The third kappa shape index (κ3) is 4.51. The second-order valence-corrected chi connectivity index (χ2v) is 6.73. The lowest BCUT2D eigenvalue weighted by Gasteiger charge is -2.26. The minimum atomic E-state index is -0.113. The van der Waals surface area contributed by atoms with Crippen LogP contribution in [0.1, 0.15) is 50.2 Å². The zero-order chi connectivity index (χ0) is 18.2. The molecule has 2 nitrogen and oxygen atoms in total. The molecule has 0 spiro atoms. The Kier molecular flexibility index (Phi) is 6.43. The highest BCUT2D eigenvalue weighted by atomic mass is 16.5. The minimum Gasteiger partial charge on any atom is -0.435 e. The number of allylic oxidation sites excluding steroid dienone is 3. The van der Waals surface area contributed by atoms with Crippen LogP contribution in [0.15, 0.2) is 73.0 Å². The van der Waals surface area contributed by atoms with Gasteiger partial charge in [0.05, 0.1) is 12.2 Å². The van der Waals surface area contributed by atoms with Gasteiger partial charge < -0.3 is 4.74 Å². The molecule has 134 valence electrons. The SMILES string of the molecule is CCCC=COC(=O)C1CCC(c2ccccc2)=C(c2ccccc2)C1. The van der Waals surface area contributed by atoms with Crippen LogP contribution in [0.5, 0.6) is 0 Å². The topological polar surface area (TPSA) is 26.3 Å². The molecule has 0 saturated carbocycles. The van der Waals surface area contributed by atoms with E-state index in [-0.39, 0.29) is 11.9 Å². The molecule has 0 heterocycles. The number of carbonyl (C=O) groups is 1. The van der Waals surface area contributed by atoms with E-state index in [9.17, 15) is 4.79 Å². The van der Waals surface area contributed by atoms with Gasteiger partial charge >= 0.3 is 5.97 Å². The maximum atomic E-state index is 12.5. The van der Waals surface area contributed by atoms with Crippen molar-refractivity contribution in [3.05, 3.63) is 84.1 Å². The molecule has 0 fully saturated rings. The first-order valence-corrected chi connectivity index (χ1v) is 9.48. The Morgan fingerprint density at radius 3 is 2.23 bits per heavy atom. The molecule has 0 amide bonds. The average molecular weight is 346 g/mol. The van der Waals surface area contributed by atoms with E-state index in [4.69, 9.17) is 4.74 Å². The monoisotopic (exact) mass is 346 g/mol. The van der Waals surface area contributed by atoms with E-state index < -0.39 is 0 Å². The summed E-state index contributed by atoms with van der Waals surface area (Å²) in [6.45, 7) is 2.11. The molecular formula is C24H26O2. The van der Waals surface area contributed by atoms with E-state index in [1.165, 1.54) is 22.3 Å². The van der Waals surface area contributed by atoms with Crippen molar-refractivity contribution in [2.24, 2.45) is 5.92 Å². The van der Waals surface area contributed by atoms with E-state index in [0.717, 1.165) is 32.1 Å². The lowest BCUT2D eigenvalue weighted by molar-refractivity contribution is -0.142. The summed E-state index contributed by atoms with van der Waals surface area (Å²) in [5.41, 5.74) is 5.07. The number of rotatable bonds is 6. The number of hydrogen-bond donors (Lipinski definition) is 0. The van der Waals surface area contributed by atoms with E-state index in [1.54, 1.807) is 6.26 Å². The van der Waals surface area contributed by atoms with Gasteiger partial charge in [-0.3, -0.25) is 4.79 Å². The quantitative estimate of drug-likeness (QED) is 0.456. The predicted molar refractivity (Wildman–Crippen MR) is 107 cm³/mol. The van der Waals surface area contributed by atoms with Crippen LogP contribution in [0.4, 0.5) is 0 Å². The lowest BCUT2D eigenvalue weighted by atomic mass is 9.78. The summed E-state index contributed by atoms with van der Waals surface area (Å²) in [5.74, 6) is -0.193. The predicted octanol–water partition coefficient (Wildman–Crippen LogP) is 6.25. The van der Waals surface area contributed by atoms with Gasteiger partial charge in [-0.15, -0.1) is 0 Å². The highest BCUT2D eigenvalue weighted by Crippen LogP contribution is 2.41. The fourth-order valence-electron chi connectivity index (χ4n) is 3.48. The van der Waals surface area contributed by atoms with Crippen LogP contribution in [0.3, 0.4) is 0 Å². The van der Waals surface area contributed by atoms with Crippen LogP contribution >= 0.6 is 0 Å². The molecule has 0 bridgehead atoms. The van der Waals surface area contributed by atoms with Crippen LogP contribution in [-0.2, 0) is 9.53 Å². The Labute approximate surface area is 156 Å². The summed E-state index contributed by atoms with van der Waals surface area (Å²) >= 11 is 0. The highest BCUT2D eigenvalue weighted by Gasteiger charge is 2.28. The molecule has 3 rings (SSSR count). The van der Waals surface area contributed by atoms with Gasteiger partial charge in [0.2, 0.25) is 0 Å². The molecule has 1 unspecified atom stereocenters. The number of benzene rings is 2. The Hall–Kier alpha value is -2.61. The first-order chi connectivity index (χ1) is 12.8. The molecule has 1 atom stereocenters. The highest BCUT2D eigenvalue weighted by molar-refractivity contribution is 5.93. The Bertz CT molecular complexity index is 772. The van der Waals surface area contributed by atoms with Crippen LogP contribution in [-0.4, -0.2) is 5.97 Å². The minimum absolute atomic E-state index is 0.0797. The van der Waals surface area contributed by atoms with E-state index in [0.29, 0.717) is 0 Å². The molecule has 1 aliphatic carbocycles. The van der Waals surface area contributed by atoms with Gasteiger partial charge in [0.15, 0.2) is 0 Å². The number of hydrogen-bond acceptors (Lipinski definition) is 2. The first-order valence-electron chi connectivity index (χ1n) is 9.48. The van der Waals surface area contributed by atoms with Crippen molar-refractivity contribution in [1.29, 1.82) is 0 Å². The molecule has 0 saturated heterocycles. The maximum absolute atomic E-state index is 12.5. The van der Waals surface area contributed by atoms with E-state index >= 15 is 0 Å².